The Balaban J connectivity index is 1.84. The molecule has 0 aliphatic carbocycles. The summed E-state index contributed by atoms with van der Waals surface area (Å²) in [5, 5.41) is 0.582. The Labute approximate surface area is 137 Å². The van der Waals surface area contributed by atoms with Crippen molar-refractivity contribution in [2.24, 2.45) is 0 Å². The molecule has 0 atom stereocenters. The van der Waals surface area contributed by atoms with E-state index in [1.54, 1.807) is 4.90 Å². The van der Waals surface area contributed by atoms with Crippen LogP contribution in [0.2, 0.25) is 5.02 Å². The van der Waals surface area contributed by atoms with Crippen LogP contribution in [-0.2, 0) is 11.3 Å². The topological polar surface area (TPSA) is 58.8 Å². The van der Waals surface area contributed by atoms with Gasteiger partial charge in [-0.05, 0) is 38.5 Å². The molecule has 0 saturated carbocycles. The lowest BCUT2D eigenvalue weighted by Gasteiger charge is -2.35. The average Bonchev–Trinajstić information content (AvgIpc) is 2.42. The van der Waals surface area contributed by atoms with Crippen LogP contribution in [0.25, 0.3) is 0 Å². The van der Waals surface area contributed by atoms with Gasteiger partial charge in [0, 0.05) is 32.7 Å². The van der Waals surface area contributed by atoms with E-state index in [4.69, 9.17) is 22.1 Å². The largest absolute Gasteiger partial charge is 0.444 e. The number of carbonyl (C=O) groups excluding carboxylic acids is 1. The molecule has 0 radical (unpaired) electrons. The Morgan fingerprint density at radius 2 is 1.91 bits per heavy atom. The SMILES string of the molecule is CC(C)(C)OC(=O)N1CCN(Cc2ccc(Cl)c(N)c2)CC1. The van der Waals surface area contributed by atoms with Gasteiger partial charge < -0.3 is 15.4 Å². The molecule has 0 bridgehead atoms. The van der Waals surface area contributed by atoms with E-state index >= 15 is 0 Å². The Bertz CT molecular complexity index is 535. The summed E-state index contributed by atoms with van der Waals surface area (Å²) >= 11 is 5.93. The van der Waals surface area contributed by atoms with Gasteiger partial charge in [-0.1, -0.05) is 17.7 Å². The van der Waals surface area contributed by atoms with Crippen molar-refractivity contribution >= 4 is 23.4 Å². The molecule has 22 heavy (non-hydrogen) atoms. The summed E-state index contributed by atoms with van der Waals surface area (Å²) in [6.07, 6.45) is -0.233. The highest BCUT2D eigenvalue weighted by atomic mass is 35.5. The molecule has 122 valence electrons. The highest BCUT2D eigenvalue weighted by Crippen LogP contribution is 2.21. The molecular weight excluding hydrogens is 302 g/mol. The van der Waals surface area contributed by atoms with Gasteiger partial charge in [-0.15, -0.1) is 0 Å². The van der Waals surface area contributed by atoms with E-state index in [0.717, 1.165) is 25.2 Å². The third-order valence-electron chi connectivity index (χ3n) is 3.49. The molecule has 1 aromatic rings. The van der Waals surface area contributed by atoms with Crippen LogP contribution in [0.1, 0.15) is 26.3 Å². The van der Waals surface area contributed by atoms with Crippen molar-refractivity contribution in [3.8, 4) is 0 Å². The summed E-state index contributed by atoms with van der Waals surface area (Å²) < 4.78 is 5.40. The number of hydrogen-bond donors (Lipinski definition) is 1. The maximum Gasteiger partial charge on any atom is 0.410 e. The normalized spacial score (nSPS) is 16.6. The number of amides is 1. The van der Waals surface area contributed by atoms with E-state index in [2.05, 4.69) is 4.90 Å². The molecule has 1 aromatic carbocycles. The lowest BCUT2D eigenvalue weighted by atomic mass is 10.1. The molecule has 1 amide bonds. The fourth-order valence-electron chi connectivity index (χ4n) is 2.36. The first-order chi connectivity index (χ1) is 10.2. The van der Waals surface area contributed by atoms with E-state index < -0.39 is 5.60 Å². The summed E-state index contributed by atoms with van der Waals surface area (Å²) in [4.78, 5) is 16.1. The van der Waals surface area contributed by atoms with Crippen LogP contribution in [0, 0.1) is 0 Å². The van der Waals surface area contributed by atoms with Crippen LogP contribution < -0.4 is 5.73 Å². The maximum absolute atomic E-state index is 12.0. The fraction of sp³-hybridized carbons (Fsp3) is 0.562. The minimum absolute atomic E-state index is 0.233. The van der Waals surface area contributed by atoms with Crippen molar-refractivity contribution in [2.75, 3.05) is 31.9 Å². The number of nitrogens with zero attached hydrogens (tertiary/aromatic N) is 2. The lowest BCUT2D eigenvalue weighted by Crippen LogP contribution is -2.49. The number of rotatable bonds is 2. The van der Waals surface area contributed by atoms with Crippen LogP contribution in [0.15, 0.2) is 18.2 Å². The van der Waals surface area contributed by atoms with Crippen molar-refractivity contribution in [3.05, 3.63) is 28.8 Å². The smallest absolute Gasteiger partial charge is 0.410 e. The molecule has 1 aliphatic heterocycles. The van der Waals surface area contributed by atoms with Gasteiger partial charge in [-0.2, -0.15) is 0 Å². The summed E-state index contributed by atoms with van der Waals surface area (Å²) in [5.74, 6) is 0. The number of ether oxygens (including phenoxy) is 1. The van der Waals surface area contributed by atoms with Crippen molar-refractivity contribution in [2.45, 2.75) is 32.9 Å². The van der Waals surface area contributed by atoms with Gasteiger partial charge in [0.25, 0.3) is 0 Å². The summed E-state index contributed by atoms with van der Waals surface area (Å²) in [6.45, 7) is 9.45. The number of nitrogens with two attached hydrogens (primary N) is 1. The number of piperazine rings is 1. The molecule has 2 rings (SSSR count). The van der Waals surface area contributed by atoms with Gasteiger partial charge in [0.15, 0.2) is 0 Å². The molecule has 1 aliphatic rings. The molecule has 0 unspecified atom stereocenters. The number of nitrogen functional groups attached to an aromatic ring is 1. The molecule has 2 N–H and O–H groups in total. The van der Waals surface area contributed by atoms with Crippen LogP contribution in [0.4, 0.5) is 10.5 Å². The van der Waals surface area contributed by atoms with E-state index in [0.29, 0.717) is 23.8 Å². The third-order valence-corrected chi connectivity index (χ3v) is 3.83. The van der Waals surface area contributed by atoms with Gasteiger partial charge in [-0.25, -0.2) is 4.79 Å². The predicted octanol–water partition coefficient (Wildman–Crippen LogP) is 2.97. The zero-order valence-electron chi connectivity index (χ0n) is 13.4. The van der Waals surface area contributed by atoms with Crippen molar-refractivity contribution in [1.82, 2.24) is 9.80 Å². The van der Waals surface area contributed by atoms with Crippen molar-refractivity contribution < 1.29 is 9.53 Å². The second-order valence-corrected chi connectivity index (χ2v) is 7.01. The van der Waals surface area contributed by atoms with Crippen LogP contribution in [0.3, 0.4) is 0 Å². The number of halogens is 1. The minimum Gasteiger partial charge on any atom is -0.444 e. The third kappa shape index (κ3) is 4.78. The van der Waals surface area contributed by atoms with E-state index in [1.165, 1.54) is 0 Å². The summed E-state index contributed by atoms with van der Waals surface area (Å²) in [7, 11) is 0. The van der Waals surface area contributed by atoms with Crippen LogP contribution in [0.5, 0.6) is 0 Å². The van der Waals surface area contributed by atoms with E-state index in [9.17, 15) is 4.79 Å². The van der Waals surface area contributed by atoms with E-state index in [1.807, 2.05) is 39.0 Å². The Morgan fingerprint density at radius 1 is 1.27 bits per heavy atom. The molecule has 6 heteroatoms. The molecule has 1 fully saturated rings. The standard InChI is InChI=1S/C16H24ClN3O2/c1-16(2,3)22-15(21)20-8-6-19(7-9-20)11-12-4-5-13(17)14(18)10-12/h4-5,10H,6-9,11,18H2,1-3H3. The van der Waals surface area contributed by atoms with Crippen molar-refractivity contribution in [3.63, 3.8) is 0 Å². The molecule has 1 saturated heterocycles. The molecule has 0 spiro atoms. The first kappa shape index (κ1) is 16.9. The molecule has 5 nitrogen and oxygen atoms in total. The highest BCUT2D eigenvalue weighted by molar-refractivity contribution is 6.33. The zero-order valence-corrected chi connectivity index (χ0v) is 14.2. The Kier molecular flexibility index (Phi) is 5.19. The van der Waals surface area contributed by atoms with Gasteiger partial charge in [0.05, 0.1) is 10.7 Å². The lowest BCUT2D eigenvalue weighted by molar-refractivity contribution is 0.0139. The average molecular weight is 326 g/mol. The van der Waals surface area contributed by atoms with Gasteiger partial charge in [0.2, 0.25) is 0 Å². The highest BCUT2D eigenvalue weighted by Gasteiger charge is 2.25. The fourth-order valence-corrected chi connectivity index (χ4v) is 2.48. The second-order valence-electron chi connectivity index (χ2n) is 6.60. The van der Waals surface area contributed by atoms with Gasteiger partial charge in [0.1, 0.15) is 5.60 Å². The van der Waals surface area contributed by atoms with Gasteiger partial charge >= 0.3 is 6.09 Å². The first-order valence-electron chi connectivity index (χ1n) is 7.49. The quantitative estimate of drug-likeness (QED) is 0.849. The molecule has 0 aromatic heterocycles. The minimum atomic E-state index is -0.449. The monoisotopic (exact) mass is 325 g/mol. The second kappa shape index (κ2) is 6.75. The Hall–Kier alpha value is -1.46. The van der Waals surface area contributed by atoms with Crippen molar-refractivity contribution in [1.29, 1.82) is 0 Å². The first-order valence-corrected chi connectivity index (χ1v) is 7.86. The number of hydrogen-bond acceptors (Lipinski definition) is 4. The Morgan fingerprint density at radius 3 is 2.45 bits per heavy atom. The number of benzene rings is 1. The number of anilines is 1. The summed E-state index contributed by atoms with van der Waals surface area (Å²) in [5.41, 5.74) is 7.11. The molecule has 1 heterocycles. The number of carbonyl (C=O) groups is 1. The maximum atomic E-state index is 12.0. The van der Waals surface area contributed by atoms with E-state index in [-0.39, 0.29) is 6.09 Å². The summed E-state index contributed by atoms with van der Waals surface area (Å²) in [6, 6.07) is 5.71. The predicted molar refractivity (Wildman–Crippen MR) is 88.9 cm³/mol. The zero-order chi connectivity index (χ0) is 16.3. The van der Waals surface area contributed by atoms with Gasteiger partial charge in [-0.3, -0.25) is 4.90 Å². The molecular formula is C16H24ClN3O2. The van der Waals surface area contributed by atoms with Crippen LogP contribution >= 0.6 is 11.6 Å². The van der Waals surface area contributed by atoms with Crippen LogP contribution in [-0.4, -0.2) is 47.7 Å².